The number of carbonyl (C=O) groups is 2. The zero-order valence-corrected chi connectivity index (χ0v) is 15.6. The van der Waals surface area contributed by atoms with Crippen LogP contribution in [0.3, 0.4) is 0 Å². The van der Waals surface area contributed by atoms with E-state index in [4.69, 9.17) is 24.1 Å². The van der Waals surface area contributed by atoms with Gasteiger partial charge in [-0.3, -0.25) is 0 Å². The molecule has 0 spiro atoms. The highest BCUT2D eigenvalue weighted by molar-refractivity contribution is 5.68. The minimum atomic E-state index is -1.01. The third kappa shape index (κ3) is 5.13. The van der Waals surface area contributed by atoms with Gasteiger partial charge < -0.3 is 24.1 Å². The number of carbonyl (C=O) groups excluding carboxylic acids is 1. The minimum Gasteiger partial charge on any atom is -0.482 e. The van der Waals surface area contributed by atoms with Crippen LogP contribution >= 0.6 is 0 Å². The lowest BCUT2D eigenvalue weighted by Gasteiger charge is -2.27. The SMILES string of the molecule is CC(C)OC(=O)OC[C@@H]1[C@H](Cc2cccc(OCC(=O)O)c2)[C@@H]2CC[C@H]1O2. The Hall–Kier alpha value is -2.28. The Kier molecular flexibility index (Phi) is 6.21. The molecular weight excluding hydrogens is 352 g/mol. The maximum Gasteiger partial charge on any atom is 0.508 e. The fourth-order valence-electron chi connectivity index (χ4n) is 3.95. The quantitative estimate of drug-likeness (QED) is 0.695. The van der Waals surface area contributed by atoms with E-state index in [1.165, 1.54) is 0 Å². The van der Waals surface area contributed by atoms with Crippen molar-refractivity contribution >= 4 is 12.1 Å². The van der Waals surface area contributed by atoms with Gasteiger partial charge in [0.2, 0.25) is 0 Å². The molecule has 27 heavy (non-hydrogen) atoms. The third-order valence-corrected chi connectivity index (χ3v) is 5.05. The van der Waals surface area contributed by atoms with Gasteiger partial charge in [0.15, 0.2) is 6.61 Å². The van der Waals surface area contributed by atoms with Crippen LogP contribution < -0.4 is 4.74 Å². The van der Waals surface area contributed by atoms with Gasteiger partial charge in [0.1, 0.15) is 12.4 Å². The van der Waals surface area contributed by atoms with Crippen LogP contribution in [-0.2, 0) is 25.4 Å². The Labute approximate surface area is 158 Å². The molecule has 2 heterocycles. The molecule has 2 aliphatic rings. The minimum absolute atomic E-state index is 0.110. The van der Waals surface area contributed by atoms with Crippen molar-refractivity contribution in [1.29, 1.82) is 0 Å². The summed E-state index contributed by atoms with van der Waals surface area (Å²) in [5, 5.41) is 8.75. The zero-order chi connectivity index (χ0) is 19.4. The molecular formula is C20H26O7. The number of hydrogen-bond donors (Lipinski definition) is 1. The van der Waals surface area contributed by atoms with Crippen molar-refractivity contribution in [3.63, 3.8) is 0 Å². The van der Waals surface area contributed by atoms with E-state index in [1.54, 1.807) is 19.9 Å². The Morgan fingerprint density at radius 3 is 2.67 bits per heavy atom. The summed E-state index contributed by atoms with van der Waals surface area (Å²) in [6.07, 6.45) is 2.17. The largest absolute Gasteiger partial charge is 0.508 e. The summed E-state index contributed by atoms with van der Waals surface area (Å²) in [6.45, 7) is 3.48. The Morgan fingerprint density at radius 2 is 1.96 bits per heavy atom. The van der Waals surface area contributed by atoms with Crippen LogP contribution in [0.25, 0.3) is 0 Å². The van der Waals surface area contributed by atoms with Crippen LogP contribution in [0.1, 0.15) is 32.3 Å². The topological polar surface area (TPSA) is 91.3 Å². The maximum atomic E-state index is 11.7. The molecule has 7 heteroatoms. The standard InChI is InChI=1S/C20H26O7/c1-12(2)26-20(23)25-10-16-15(17-6-7-18(16)27-17)9-13-4-3-5-14(8-13)24-11-19(21)22/h3-5,8,12,15-18H,6-7,9-11H2,1-2H3,(H,21,22)/t15-,16+,17-,18+/m0/s1. The smallest absolute Gasteiger partial charge is 0.482 e. The highest BCUT2D eigenvalue weighted by Crippen LogP contribution is 2.45. The number of rotatable bonds is 8. The molecule has 0 saturated carbocycles. The molecule has 1 aromatic rings. The van der Waals surface area contributed by atoms with Gasteiger partial charge in [-0.15, -0.1) is 0 Å². The highest BCUT2D eigenvalue weighted by atomic mass is 16.7. The first kappa shape index (κ1) is 19.5. The van der Waals surface area contributed by atoms with E-state index in [0.717, 1.165) is 24.8 Å². The normalized spacial score (nSPS) is 26.2. The van der Waals surface area contributed by atoms with Gasteiger partial charge in [-0.2, -0.15) is 0 Å². The van der Waals surface area contributed by atoms with Crippen molar-refractivity contribution in [2.75, 3.05) is 13.2 Å². The molecule has 2 fully saturated rings. The van der Waals surface area contributed by atoms with Gasteiger partial charge in [0, 0.05) is 5.92 Å². The maximum absolute atomic E-state index is 11.7. The van der Waals surface area contributed by atoms with Crippen molar-refractivity contribution < 1.29 is 33.6 Å². The summed E-state index contributed by atoms with van der Waals surface area (Å²) in [5.74, 6) is -0.0999. The van der Waals surface area contributed by atoms with Crippen LogP contribution in [0.2, 0.25) is 0 Å². The van der Waals surface area contributed by atoms with Crippen LogP contribution in [0.5, 0.6) is 5.75 Å². The summed E-state index contributed by atoms with van der Waals surface area (Å²) < 4.78 is 21.7. The number of ether oxygens (including phenoxy) is 4. The fraction of sp³-hybridized carbons (Fsp3) is 0.600. The highest BCUT2D eigenvalue weighted by Gasteiger charge is 2.49. The van der Waals surface area contributed by atoms with Gasteiger partial charge in [-0.1, -0.05) is 12.1 Å². The number of carboxylic acid groups (broad SMARTS) is 1. The summed E-state index contributed by atoms with van der Waals surface area (Å²) in [6, 6.07) is 7.45. The molecule has 148 valence electrons. The van der Waals surface area contributed by atoms with E-state index >= 15 is 0 Å². The van der Waals surface area contributed by atoms with Gasteiger partial charge in [-0.25, -0.2) is 9.59 Å². The van der Waals surface area contributed by atoms with E-state index in [1.807, 2.05) is 18.2 Å². The molecule has 2 saturated heterocycles. The lowest BCUT2D eigenvalue weighted by atomic mass is 9.76. The van der Waals surface area contributed by atoms with Crippen molar-refractivity contribution in [2.45, 2.75) is 51.4 Å². The van der Waals surface area contributed by atoms with Crippen LogP contribution in [0.15, 0.2) is 24.3 Å². The summed E-state index contributed by atoms with van der Waals surface area (Å²) in [4.78, 5) is 22.4. The second kappa shape index (κ2) is 8.61. The molecule has 0 unspecified atom stereocenters. The first-order valence-electron chi connectivity index (χ1n) is 9.34. The van der Waals surface area contributed by atoms with Crippen molar-refractivity contribution in [2.24, 2.45) is 11.8 Å². The molecule has 2 aliphatic heterocycles. The fourth-order valence-corrected chi connectivity index (χ4v) is 3.95. The van der Waals surface area contributed by atoms with E-state index < -0.39 is 12.1 Å². The van der Waals surface area contributed by atoms with Gasteiger partial charge in [0.05, 0.1) is 18.3 Å². The monoisotopic (exact) mass is 378 g/mol. The van der Waals surface area contributed by atoms with E-state index in [-0.39, 0.29) is 43.4 Å². The Morgan fingerprint density at radius 1 is 1.22 bits per heavy atom. The molecule has 0 aliphatic carbocycles. The third-order valence-electron chi connectivity index (χ3n) is 5.05. The summed E-state index contributed by atoms with van der Waals surface area (Å²) in [5.41, 5.74) is 1.05. The molecule has 0 radical (unpaired) electrons. The Balaban J connectivity index is 1.61. The second-order valence-electron chi connectivity index (χ2n) is 7.38. The summed E-state index contributed by atoms with van der Waals surface area (Å²) in [7, 11) is 0. The Bertz CT molecular complexity index is 672. The molecule has 0 amide bonds. The van der Waals surface area contributed by atoms with E-state index in [9.17, 15) is 9.59 Å². The number of benzene rings is 1. The summed E-state index contributed by atoms with van der Waals surface area (Å²) >= 11 is 0. The van der Waals surface area contributed by atoms with Crippen LogP contribution in [0, 0.1) is 11.8 Å². The molecule has 1 N–H and O–H groups in total. The molecule has 3 rings (SSSR count). The van der Waals surface area contributed by atoms with Crippen LogP contribution in [-0.4, -0.2) is 48.8 Å². The van der Waals surface area contributed by atoms with Gasteiger partial charge in [0.25, 0.3) is 0 Å². The van der Waals surface area contributed by atoms with Crippen molar-refractivity contribution in [3.05, 3.63) is 29.8 Å². The number of fused-ring (bicyclic) bond motifs is 2. The molecule has 4 atom stereocenters. The lowest BCUT2D eigenvalue weighted by molar-refractivity contribution is -0.139. The average molecular weight is 378 g/mol. The molecule has 0 aromatic heterocycles. The predicted molar refractivity (Wildman–Crippen MR) is 95.7 cm³/mol. The number of aliphatic carboxylic acids is 1. The number of carboxylic acids is 1. The van der Waals surface area contributed by atoms with E-state index in [0.29, 0.717) is 5.75 Å². The first-order chi connectivity index (χ1) is 12.9. The molecule has 1 aromatic carbocycles. The van der Waals surface area contributed by atoms with Crippen LogP contribution in [0.4, 0.5) is 4.79 Å². The van der Waals surface area contributed by atoms with Crippen molar-refractivity contribution in [3.8, 4) is 5.75 Å². The zero-order valence-electron chi connectivity index (χ0n) is 15.6. The van der Waals surface area contributed by atoms with Gasteiger partial charge in [-0.05, 0) is 56.7 Å². The molecule has 7 nitrogen and oxygen atoms in total. The predicted octanol–water partition coefficient (Wildman–Crippen LogP) is 3.05. The average Bonchev–Trinajstić information content (AvgIpc) is 3.20. The molecule has 2 bridgehead atoms. The lowest BCUT2D eigenvalue weighted by Crippen LogP contribution is -2.33. The number of hydrogen-bond acceptors (Lipinski definition) is 6. The van der Waals surface area contributed by atoms with E-state index in [2.05, 4.69) is 0 Å². The second-order valence-corrected chi connectivity index (χ2v) is 7.38. The van der Waals surface area contributed by atoms with Crippen molar-refractivity contribution in [1.82, 2.24) is 0 Å². The first-order valence-corrected chi connectivity index (χ1v) is 9.34. The van der Waals surface area contributed by atoms with Gasteiger partial charge >= 0.3 is 12.1 Å².